The average Bonchev–Trinajstić information content (AvgIpc) is 2.50. The van der Waals surface area contributed by atoms with Gasteiger partial charge in [0.05, 0.1) is 5.52 Å². The zero-order valence-electron chi connectivity index (χ0n) is 11.8. The predicted octanol–water partition coefficient (Wildman–Crippen LogP) is 4.00. The average molecular weight is 263 g/mol. The molecule has 0 saturated carbocycles. The second-order valence-electron chi connectivity index (χ2n) is 4.93. The van der Waals surface area contributed by atoms with Gasteiger partial charge < -0.3 is 4.57 Å². The predicted molar refractivity (Wildman–Crippen MR) is 84.1 cm³/mol. The molecule has 0 aliphatic heterocycles. The smallest absolute Gasteiger partial charge is 0.254 e. The van der Waals surface area contributed by atoms with E-state index in [-0.39, 0.29) is 5.56 Å². The Morgan fingerprint density at radius 2 is 1.60 bits per heavy atom. The Morgan fingerprint density at radius 1 is 0.950 bits per heavy atom. The van der Waals surface area contributed by atoms with Gasteiger partial charge in [-0.15, -0.1) is 0 Å². The first-order chi connectivity index (χ1) is 9.74. The minimum absolute atomic E-state index is 0.102. The quantitative estimate of drug-likeness (QED) is 0.685. The minimum Gasteiger partial charge on any atom is -0.308 e. The summed E-state index contributed by atoms with van der Waals surface area (Å²) >= 11 is 0. The fourth-order valence-corrected chi connectivity index (χ4v) is 2.83. The van der Waals surface area contributed by atoms with Gasteiger partial charge in [0.1, 0.15) is 0 Å². The van der Waals surface area contributed by atoms with Crippen molar-refractivity contribution in [2.75, 3.05) is 0 Å². The van der Waals surface area contributed by atoms with E-state index in [9.17, 15) is 4.79 Å². The van der Waals surface area contributed by atoms with Crippen LogP contribution in [0.4, 0.5) is 0 Å². The van der Waals surface area contributed by atoms with Crippen molar-refractivity contribution in [3.63, 3.8) is 0 Å². The van der Waals surface area contributed by atoms with Crippen LogP contribution in [-0.2, 0) is 6.54 Å². The van der Waals surface area contributed by atoms with Crippen LogP contribution in [0.15, 0.2) is 59.4 Å². The largest absolute Gasteiger partial charge is 0.308 e. The molecule has 0 unspecified atom stereocenters. The molecule has 0 spiro atoms. The van der Waals surface area contributed by atoms with Crippen molar-refractivity contribution in [1.82, 2.24) is 4.57 Å². The number of aryl methyl sites for hydroxylation is 1. The van der Waals surface area contributed by atoms with E-state index in [2.05, 4.69) is 18.2 Å². The zero-order valence-corrected chi connectivity index (χ0v) is 11.8. The molecule has 0 aliphatic rings. The van der Waals surface area contributed by atoms with E-state index in [1.807, 2.05) is 54.8 Å². The molecule has 2 nitrogen and oxygen atoms in total. The number of para-hydroxylation sites is 1. The third kappa shape index (κ3) is 1.85. The molecular weight excluding hydrogens is 246 g/mol. The van der Waals surface area contributed by atoms with E-state index in [1.165, 1.54) is 0 Å². The Bertz CT molecular complexity index is 816. The summed E-state index contributed by atoms with van der Waals surface area (Å²) in [7, 11) is 0. The van der Waals surface area contributed by atoms with Crippen molar-refractivity contribution >= 4 is 10.9 Å². The lowest BCUT2D eigenvalue weighted by Crippen LogP contribution is -2.22. The first-order valence-corrected chi connectivity index (χ1v) is 6.91. The van der Waals surface area contributed by atoms with Gasteiger partial charge in [0.2, 0.25) is 0 Å². The topological polar surface area (TPSA) is 22.0 Å². The molecular formula is C18H17NO. The standard InChI is InChI=1S/C18H17NO/c1-3-19-16-12-8-7-11-15(16)17(13(2)18(19)20)14-9-5-4-6-10-14/h4-12H,3H2,1-2H3. The van der Waals surface area contributed by atoms with E-state index in [1.54, 1.807) is 0 Å². The van der Waals surface area contributed by atoms with Gasteiger partial charge >= 0.3 is 0 Å². The highest BCUT2D eigenvalue weighted by atomic mass is 16.1. The molecule has 1 heterocycles. The van der Waals surface area contributed by atoms with Gasteiger partial charge in [0.15, 0.2) is 0 Å². The lowest BCUT2D eigenvalue weighted by molar-refractivity contribution is 0.754. The molecule has 20 heavy (non-hydrogen) atoms. The number of rotatable bonds is 2. The van der Waals surface area contributed by atoms with Gasteiger partial charge in [-0.2, -0.15) is 0 Å². The molecule has 0 bridgehead atoms. The van der Waals surface area contributed by atoms with E-state index in [0.717, 1.165) is 27.6 Å². The van der Waals surface area contributed by atoms with Crippen molar-refractivity contribution < 1.29 is 0 Å². The summed E-state index contributed by atoms with van der Waals surface area (Å²) in [5.74, 6) is 0. The number of hydrogen-bond donors (Lipinski definition) is 0. The van der Waals surface area contributed by atoms with Crippen LogP contribution in [0.5, 0.6) is 0 Å². The summed E-state index contributed by atoms with van der Waals surface area (Å²) in [4.78, 5) is 12.6. The lowest BCUT2D eigenvalue weighted by atomic mass is 9.96. The van der Waals surface area contributed by atoms with Gasteiger partial charge in [0.25, 0.3) is 5.56 Å². The van der Waals surface area contributed by atoms with Crippen LogP contribution in [0.1, 0.15) is 12.5 Å². The van der Waals surface area contributed by atoms with Gasteiger partial charge in [-0.3, -0.25) is 4.79 Å². The first kappa shape index (κ1) is 12.7. The van der Waals surface area contributed by atoms with Crippen molar-refractivity contribution in [3.05, 3.63) is 70.5 Å². The summed E-state index contributed by atoms with van der Waals surface area (Å²) in [5.41, 5.74) is 4.07. The molecule has 0 fully saturated rings. The van der Waals surface area contributed by atoms with E-state index in [0.29, 0.717) is 6.54 Å². The maximum Gasteiger partial charge on any atom is 0.254 e. The van der Waals surface area contributed by atoms with Gasteiger partial charge in [0, 0.05) is 17.5 Å². The highest BCUT2D eigenvalue weighted by molar-refractivity contribution is 5.96. The number of benzene rings is 2. The molecule has 0 atom stereocenters. The van der Waals surface area contributed by atoms with E-state index < -0.39 is 0 Å². The highest BCUT2D eigenvalue weighted by Crippen LogP contribution is 2.29. The van der Waals surface area contributed by atoms with Gasteiger partial charge in [-0.25, -0.2) is 0 Å². The Kier molecular flexibility index (Phi) is 3.15. The van der Waals surface area contributed by atoms with Crippen molar-refractivity contribution in [3.8, 4) is 11.1 Å². The number of aromatic nitrogens is 1. The molecule has 3 rings (SSSR count). The lowest BCUT2D eigenvalue weighted by Gasteiger charge is -2.15. The normalized spacial score (nSPS) is 10.9. The second-order valence-corrected chi connectivity index (χ2v) is 4.93. The number of nitrogens with zero attached hydrogens (tertiary/aromatic N) is 1. The zero-order chi connectivity index (χ0) is 14.1. The van der Waals surface area contributed by atoms with Crippen LogP contribution in [0, 0.1) is 6.92 Å². The monoisotopic (exact) mass is 263 g/mol. The number of fused-ring (bicyclic) bond motifs is 1. The van der Waals surface area contributed by atoms with E-state index in [4.69, 9.17) is 0 Å². The Labute approximate surface area is 118 Å². The molecule has 3 aromatic rings. The maximum atomic E-state index is 12.6. The third-order valence-corrected chi connectivity index (χ3v) is 3.78. The van der Waals surface area contributed by atoms with Crippen LogP contribution in [0.25, 0.3) is 22.0 Å². The Morgan fingerprint density at radius 3 is 2.30 bits per heavy atom. The molecule has 2 aromatic carbocycles. The Balaban J connectivity index is 2.50. The second kappa shape index (κ2) is 4.97. The number of hydrogen-bond acceptors (Lipinski definition) is 1. The fourth-order valence-electron chi connectivity index (χ4n) is 2.83. The van der Waals surface area contributed by atoms with Crippen molar-refractivity contribution in [1.29, 1.82) is 0 Å². The molecule has 1 aromatic heterocycles. The molecule has 0 radical (unpaired) electrons. The number of pyridine rings is 1. The maximum absolute atomic E-state index is 12.6. The fraction of sp³-hybridized carbons (Fsp3) is 0.167. The summed E-state index contributed by atoms with van der Waals surface area (Å²) in [6.07, 6.45) is 0. The molecule has 0 amide bonds. The van der Waals surface area contributed by atoms with Crippen molar-refractivity contribution in [2.24, 2.45) is 0 Å². The SMILES string of the molecule is CCn1c(=O)c(C)c(-c2ccccc2)c2ccccc21. The van der Waals surface area contributed by atoms with Crippen LogP contribution in [0.3, 0.4) is 0 Å². The molecule has 0 aliphatic carbocycles. The summed E-state index contributed by atoms with van der Waals surface area (Å²) in [5, 5.41) is 1.14. The Hall–Kier alpha value is -2.35. The first-order valence-electron chi connectivity index (χ1n) is 6.91. The minimum atomic E-state index is 0.102. The molecule has 0 N–H and O–H groups in total. The van der Waals surface area contributed by atoms with Crippen LogP contribution < -0.4 is 5.56 Å². The van der Waals surface area contributed by atoms with Gasteiger partial charge in [-0.05, 0) is 31.0 Å². The summed E-state index contributed by atoms with van der Waals surface area (Å²) in [6, 6.07) is 18.3. The van der Waals surface area contributed by atoms with Crippen LogP contribution in [0.2, 0.25) is 0 Å². The summed E-state index contributed by atoms with van der Waals surface area (Å²) in [6.45, 7) is 4.62. The molecule has 2 heteroatoms. The van der Waals surface area contributed by atoms with Crippen molar-refractivity contribution in [2.45, 2.75) is 20.4 Å². The highest BCUT2D eigenvalue weighted by Gasteiger charge is 2.13. The van der Waals surface area contributed by atoms with Crippen LogP contribution >= 0.6 is 0 Å². The molecule has 100 valence electrons. The van der Waals surface area contributed by atoms with Gasteiger partial charge in [-0.1, -0.05) is 48.5 Å². The third-order valence-electron chi connectivity index (χ3n) is 3.78. The molecule has 0 saturated heterocycles. The van der Waals surface area contributed by atoms with E-state index >= 15 is 0 Å². The summed E-state index contributed by atoms with van der Waals surface area (Å²) < 4.78 is 1.84. The van der Waals surface area contributed by atoms with Crippen LogP contribution in [-0.4, -0.2) is 4.57 Å².